The van der Waals surface area contributed by atoms with Crippen LogP contribution in [0.25, 0.3) is 0 Å². The van der Waals surface area contributed by atoms with Gasteiger partial charge >= 0.3 is 0 Å². The number of nitrogens with one attached hydrogen (secondary N) is 1. The number of benzene rings is 1. The Morgan fingerprint density at radius 3 is 2.41 bits per heavy atom. The van der Waals surface area contributed by atoms with Crippen LogP contribution < -0.4 is 11.1 Å². The first-order chi connectivity index (χ1) is 13.0. The number of halogens is 1. The highest BCUT2D eigenvalue weighted by Gasteiger charge is 2.41. The first-order valence-corrected chi connectivity index (χ1v) is 10.0. The van der Waals surface area contributed by atoms with Crippen molar-refractivity contribution in [1.29, 1.82) is 0 Å². The summed E-state index contributed by atoms with van der Waals surface area (Å²) in [6, 6.07) is 6.25. The van der Waals surface area contributed by atoms with Crippen molar-refractivity contribution in [1.82, 2.24) is 10.2 Å². The second kappa shape index (κ2) is 8.83. The summed E-state index contributed by atoms with van der Waals surface area (Å²) in [7, 11) is 0. The molecule has 0 radical (unpaired) electrons. The van der Waals surface area contributed by atoms with Gasteiger partial charge in [-0.05, 0) is 62.1 Å². The molecule has 2 aliphatic carbocycles. The van der Waals surface area contributed by atoms with E-state index in [0.717, 1.165) is 31.2 Å². The fourth-order valence-electron chi connectivity index (χ4n) is 4.63. The molecular weight excluding hydrogens is 345 g/mol. The van der Waals surface area contributed by atoms with E-state index < -0.39 is 0 Å². The van der Waals surface area contributed by atoms with Crippen LogP contribution in [0.1, 0.15) is 44.6 Å². The fourth-order valence-corrected chi connectivity index (χ4v) is 4.63. The number of fused-ring (bicyclic) bond motifs is 2. The molecule has 0 spiro atoms. The zero-order chi connectivity index (χ0) is 19.4. The maximum absolute atomic E-state index is 13.0. The highest BCUT2D eigenvalue weighted by atomic mass is 19.1. The van der Waals surface area contributed by atoms with Crippen LogP contribution in [0.5, 0.6) is 0 Å². The van der Waals surface area contributed by atoms with E-state index in [1.54, 1.807) is 17.0 Å². The van der Waals surface area contributed by atoms with Crippen LogP contribution in [0.3, 0.4) is 0 Å². The molecule has 3 rings (SSSR count). The molecular formula is C21H30FN3O2. The van der Waals surface area contributed by atoms with Crippen LogP contribution in [0.15, 0.2) is 24.3 Å². The minimum atomic E-state index is -0.301. The van der Waals surface area contributed by atoms with E-state index in [9.17, 15) is 14.0 Å². The largest absolute Gasteiger partial charge is 0.350 e. The Bertz CT molecular complexity index is 650. The summed E-state index contributed by atoms with van der Waals surface area (Å²) < 4.78 is 12.9. The molecule has 27 heavy (non-hydrogen) atoms. The number of nitrogens with zero attached hydrogens (tertiary/aromatic N) is 1. The molecule has 3 N–H and O–H groups in total. The van der Waals surface area contributed by atoms with Gasteiger partial charge in [-0.3, -0.25) is 9.59 Å². The molecule has 6 heteroatoms. The Kier molecular flexibility index (Phi) is 6.47. The van der Waals surface area contributed by atoms with E-state index in [2.05, 4.69) is 5.32 Å². The van der Waals surface area contributed by atoms with Crippen molar-refractivity contribution in [3.05, 3.63) is 35.6 Å². The molecule has 2 unspecified atom stereocenters. The predicted molar refractivity (Wildman–Crippen MR) is 102 cm³/mol. The smallest absolute Gasteiger partial charge is 0.239 e. The molecule has 1 aromatic rings. The maximum atomic E-state index is 13.0. The topological polar surface area (TPSA) is 75.4 Å². The lowest BCUT2D eigenvalue weighted by molar-refractivity contribution is -0.141. The van der Waals surface area contributed by atoms with Gasteiger partial charge in [0.25, 0.3) is 0 Å². The zero-order valence-corrected chi connectivity index (χ0v) is 16.0. The molecule has 2 bridgehead atoms. The van der Waals surface area contributed by atoms with E-state index in [1.165, 1.54) is 18.6 Å². The first kappa shape index (κ1) is 19.8. The highest BCUT2D eigenvalue weighted by molar-refractivity contribution is 5.86. The third-order valence-electron chi connectivity index (χ3n) is 6.19. The molecule has 0 aliphatic heterocycles. The second-order valence-corrected chi connectivity index (χ2v) is 7.95. The van der Waals surface area contributed by atoms with Crippen molar-refractivity contribution >= 4 is 11.8 Å². The predicted octanol–water partition coefficient (Wildman–Crippen LogP) is 2.44. The SMILES string of the molecule is CCN(CC(=O)NCc1ccc(F)cc1)C(=O)C1CC2CCCC(C1)C2N. The minimum Gasteiger partial charge on any atom is -0.350 e. The van der Waals surface area contributed by atoms with E-state index in [-0.39, 0.29) is 36.1 Å². The van der Waals surface area contributed by atoms with Crippen molar-refractivity contribution in [2.45, 2.75) is 51.6 Å². The fraction of sp³-hybridized carbons (Fsp3) is 0.619. The summed E-state index contributed by atoms with van der Waals surface area (Å²) in [5.74, 6) is 0.463. The second-order valence-electron chi connectivity index (χ2n) is 7.95. The van der Waals surface area contributed by atoms with Gasteiger partial charge in [0, 0.05) is 25.0 Å². The van der Waals surface area contributed by atoms with E-state index in [1.807, 2.05) is 6.92 Å². The van der Waals surface area contributed by atoms with Crippen molar-refractivity contribution in [3.8, 4) is 0 Å². The molecule has 0 aromatic heterocycles. The van der Waals surface area contributed by atoms with Gasteiger partial charge in [0.2, 0.25) is 11.8 Å². The number of hydrogen-bond donors (Lipinski definition) is 2. The lowest BCUT2D eigenvalue weighted by atomic mass is 9.65. The number of amides is 2. The molecule has 2 saturated carbocycles. The van der Waals surface area contributed by atoms with Crippen LogP contribution >= 0.6 is 0 Å². The van der Waals surface area contributed by atoms with Crippen molar-refractivity contribution < 1.29 is 14.0 Å². The Labute approximate surface area is 160 Å². The quantitative estimate of drug-likeness (QED) is 0.802. The third kappa shape index (κ3) is 4.86. The normalized spacial score (nSPS) is 27.1. The monoisotopic (exact) mass is 375 g/mol. The molecule has 0 saturated heterocycles. The van der Waals surface area contributed by atoms with Gasteiger partial charge in [-0.2, -0.15) is 0 Å². The number of likely N-dealkylation sites (N-methyl/N-ethyl adjacent to an activating group) is 1. The summed E-state index contributed by atoms with van der Waals surface area (Å²) in [6.07, 6.45) is 5.15. The van der Waals surface area contributed by atoms with Gasteiger partial charge < -0.3 is 16.0 Å². The number of hydrogen-bond acceptors (Lipinski definition) is 3. The molecule has 1 aromatic carbocycles. The van der Waals surface area contributed by atoms with E-state index in [4.69, 9.17) is 5.73 Å². The van der Waals surface area contributed by atoms with Gasteiger partial charge in [-0.25, -0.2) is 4.39 Å². The molecule has 2 fully saturated rings. The number of rotatable bonds is 6. The third-order valence-corrected chi connectivity index (χ3v) is 6.19. The van der Waals surface area contributed by atoms with Crippen LogP contribution in [-0.2, 0) is 16.1 Å². The molecule has 2 aliphatic rings. The maximum Gasteiger partial charge on any atom is 0.239 e. The minimum absolute atomic E-state index is 0.00931. The Morgan fingerprint density at radius 1 is 1.19 bits per heavy atom. The Hall–Kier alpha value is -1.95. The molecule has 2 atom stereocenters. The number of carbonyl (C=O) groups excluding carboxylic acids is 2. The lowest BCUT2D eigenvalue weighted by Gasteiger charge is -2.44. The molecule has 148 valence electrons. The van der Waals surface area contributed by atoms with Gasteiger partial charge in [-0.15, -0.1) is 0 Å². The standard InChI is InChI=1S/C21H30FN3O2/c1-2-25(13-19(26)24-12-14-6-8-18(22)9-7-14)21(27)17-10-15-4-3-5-16(11-17)20(15)23/h6-9,15-17,20H,2-5,10-13,23H2,1H3,(H,24,26). The Balaban J connectivity index is 1.52. The average Bonchev–Trinajstić information content (AvgIpc) is 2.65. The summed E-state index contributed by atoms with van der Waals surface area (Å²) in [5, 5.41) is 2.81. The van der Waals surface area contributed by atoms with Gasteiger partial charge in [0.05, 0.1) is 6.54 Å². The van der Waals surface area contributed by atoms with E-state index >= 15 is 0 Å². The summed E-state index contributed by atoms with van der Waals surface area (Å²) in [6.45, 7) is 2.81. The van der Waals surface area contributed by atoms with E-state index in [0.29, 0.717) is 24.9 Å². The van der Waals surface area contributed by atoms with Crippen LogP contribution in [0.4, 0.5) is 4.39 Å². The average molecular weight is 375 g/mol. The molecule has 2 amide bonds. The Morgan fingerprint density at radius 2 is 1.81 bits per heavy atom. The van der Waals surface area contributed by atoms with Crippen LogP contribution in [-0.4, -0.2) is 35.8 Å². The zero-order valence-electron chi connectivity index (χ0n) is 16.0. The summed E-state index contributed by atoms with van der Waals surface area (Å²) >= 11 is 0. The lowest BCUT2D eigenvalue weighted by Crippen LogP contribution is -2.50. The van der Waals surface area contributed by atoms with Gasteiger partial charge in [-0.1, -0.05) is 18.6 Å². The van der Waals surface area contributed by atoms with Crippen molar-refractivity contribution in [3.63, 3.8) is 0 Å². The van der Waals surface area contributed by atoms with Gasteiger partial charge in [0.1, 0.15) is 5.82 Å². The van der Waals surface area contributed by atoms with Crippen molar-refractivity contribution in [2.24, 2.45) is 23.5 Å². The molecule has 5 nitrogen and oxygen atoms in total. The van der Waals surface area contributed by atoms with Crippen LogP contribution in [0, 0.1) is 23.6 Å². The van der Waals surface area contributed by atoms with Crippen LogP contribution in [0.2, 0.25) is 0 Å². The van der Waals surface area contributed by atoms with Crippen molar-refractivity contribution in [2.75, 3.05) is 13.1 Å². The summed E-state index contributed by atoms with van der Waals surface area (Å²) in [5.41, 5.74) is 7.15. The highest BCUT2D eigenvalue weighted by Crippen LogP contribution is 2.42. The first-order valence-electron chi connectivity index (χ1n) is 10.0. The number of carbonyl (C=O) groups is 2. The molecule has 0 heterocycles. The van der Waals surface area contributed by atoms with Gasteiger partial charge in [0.15, 0.2) is 0 Å². The number of nitrogens with two attached hydrogens (primary N) is 1. The summed E-state index contributed by atoms with van der Waals surface area (Å²) in [4.78, 5) is 26.9.